The molecule has 2 aromatic heterocycles. The van der Waals surface area contributed by atoms with E-state index in [4.69, 9.17) is 9.15 Å². The lowest BCUT2D eigenvalue weighted by atomic mass is 10.2. The second kappa shape index (κ2) is 6.34. The summed E-state index contributed by atoms with van der Waals surface area (Å²) in [6, 6.07) is 11.3. The highest BCUT2D eigenvalue weighted by molar-refractivity contribution is 7.12. The SMILES string of the molecule is Cc1cc(C(=O)O[C@H](C)c2nnc(-c3ccccc3)o2)c(C)s1. The van der Waals surface area contributed by atoms with Gasteiger partial charge in [0.2, 0.25) is 5.89 Å². The number of thiophene rings is 1. The number of hydrogen-bond donors (Lipinski definition) is 0. The molecule has 0 N–H and O–H groups in total. The van der Waals surface area contributed by atoms with Crippen LogP contribution in [0.3, 0.4) is 0 Å². The number of aromatic nitrogens is 2. The molecular weight excluding hydrogens is 312 g/mol. The third kappa shape index (κ3) is 3.32. The van der Waals surface area contributed by atoms with Crippen molar-refractivity contribution in [1.82, 2.24) is 10.2 Å². The zero-order chi connectivity index (χ0) is 16.4. The van der Waals surface area contributed by atoms with E-state index >= 15 is 0 Å². The van der Waals surface area contributed by atoms with Crippen molar-refractivity contribution in [3.63, 3.8) is 0 Å². The molecule has 118 valence electrons. The molecule has 1 atom stereocenters. The van der Waals surface area contributed by atoms with Gasteiger partial charge < -0.3 is 9.15 Å². The zero-order valence-corrected chi connectivity index (χ0v) is 13.9. The first kappa shape index (κ1) is 15.4. The molecule has 0 spiro atoms. The molecule has 0 aliphatic carbocycles. The maximum Gasteiger partial charge on any atom is 0.340 e. The molecule has 0 bridgehead atoms. The fraction of sp³-hybridized carbons (Fsp3) is 0.235. The summed E-state index contributed by atoms with van der Waals surface area (Å²) in [5.41, 5.74) is 1.41. The van der Waals surface area contributed by atoms with Crippen LogP contribution in [-0.2, 0) is 4.74 Å². The third-order valence-corrected chi connectivity index (χ3v) is 4.32. The predicted molar refractivity (Wildman–Crippen MR) is 87.4 cm³/mol. The lowest BCUT2D eigenvalue weighted by molar-refractivity contribution is 0.0279. The molecule has 0 amide bonds. The Morgan fingerprint density at radius 3 is 2.61 bits per heavy atom. The Bertz CT molecular complexity index is 823. The van der Waals surface area contributed by atoms with Gasteiger partial charge in [0.05, 0.1) is 5.56 Å². The molecule has 0 aliphatic heterocycles. The number of hydrogen-bond acceptors (Lipinski definition) is 6. The molecule has 3 aromatic rings. The number of benzene rings is 1. The fourth-order valence-corrected chi connectivity index (χ4v) is 3.12. The van der Waals surface area contributed by atoms with E-state index < -0.39 is 6.10 Å². The second-order valence-corrected chi connectivity index (χ2v) is 6.65. The molecule has 6 heteroatoms. The Hall–Kier alpha value is -2.47. The van der Waals surface area contributed by atoms with Crippen LogP contribution in [0.25, 0.3) is 11.5 Å². The van der Waals surface area contributed by atoms with Gasteiger partial charge >= 0.3 is 5.97 Å². The van der Waals surface area contributed by atoms with E-state index in [1.807, 2.05) is 50.2 Å². The largest absolute Gasteiger partial charge is 0.449 e. The summed E-state index contributed by atoms with van der Waals surface area (Å²) in [7, 11) is 0. The van der Waals surface area contributed by atoms with Crippen LogP contribution in [-0.4, -0.2) is 16.2 Å². The van der Waals surface area contributed by atoms with Gasteiger partial charge in [0.15, 0.2) is 6.10 Å². The summed E-state index contributed by atoms with van der Waals surface area (Å²) >= 11 is 1.57. The minimum atomic E-state index is -0.605. The summed E-state index contributed by atoms with van der Waals surface area (Å²) in [4.78, 5) is 14.2. The predicted octanol–water partition coefficient (Wildman–Crippen LogP) is 4.33. The van der Waals surface area contributed by atoms with Crippen molar-refractivity contribution in [3.05, 3.63) is 57.6 Å². The van der Waals surface area contributed by atoms with Crippen molar-refractivity contribution in [2.45, 2.75) is 26.9 Å². The van der Waals surface area contributed by atoms with Gasteiger partial charge in [0, 0.05) is 15.3 Å². The van der Waals surface area contributed by atoms with Gasteiger partial charge in [0.1, 0.15) is 0 Å². The molecule has 23 heavy (non-hydrogen) atoms. The fourth-order valence-electron chi connectivity index (χ4n) is 2.20. The molecule has 5 nitrogen and oxygen atoms in total. The molecule has 2 heterocycles. The maximum atomic E-state index is 12.2. The van der Waals surface area contributed by atoms with Crippen LogP contribution in [0.5, 0.6) is 0 Å². The van der Waals surface area contributed by atoms with Crippen LogP contribution in [0.1, 0.15) is 39.0 Å². The Kier molecular flexibility index (Phi) is 4.25. The first-order chi connectivity index (χ1) is 11.0. The average Bonchev–Trinajstić information content (AvgIpc) is 3.15. The van der Waals surface area contributed by atoms with Gasteiger partial charge in [-0.25, -0.2) is 4.79 Å². The summed E-state index contributed by atoms with van der Waals surface area (Å²) < 4.78 is 11.0. The van der Waals surface area contributed by atoms with Gasteiger partial charge in [-0.3, -0.25) is 0 Å². The Labute approximate surface area is 137 Å². The van der Waals surface area contributed by atoms with Crippen LogP contribution in [0.4, 0.5) is 0 Å². The highest BCUT2D eigenvalue weighted by Crippen LogP contribution is 2.25. The minimum Gasteiger partial charge on any atom is -0.449 e. The molecule has 0 fully saturated rings. The molecule has 3 rings (SSSR count). The highest BCUT2D eigenvalue weighted by atomic mass is 32.1. The zero-order valence-electron chi connectivity index (χ0n) is 13.1. The van der Waals surface area contributed by atoms with Crippen molar-refractivity contribution in [2.75, 3.05) is 0 Å². The quantitative estimate of drug-likeness (QED) is 0.667. The smallest absolute Gasteiger partial charge is 0.340 e. The Morgan fingerprint density at radius 2 is 1.96 bits per heavy atom. The van der Waals surface area contributed by atoms with E-state index in [0.717, 1.165) is 15.3 Å². The summed E-state index contributed by atoms with van der Waals surface area (Å²) in [6.45, 7) is 5.58. The van der Waals surface area contributed by atoms with Crippen molar-refractivity contribution in [2.24, 2.45) is 0 Å². The molecule has 0 saturated carbocycles. The molecule has 0 unspecified atom stereocenters. The van der Waals surface area contributed by atoms with E-state index in [1.54, 1.807) is 18.3 Å². The van der Waals surface area contributed by atoms with Crippen molar-refractivity contribution >= 4 is 17.3 Å². The topological polar surface area (TPSA) is 65.2 Å². The summed E-state index contributed by atoms with van der Waals surface area (Å²) in [6.07, 6.45) is -0.605. The molecule has 0 aliphatic rings. The molecule has 0 saturated heterocycles. The standard InChI is InChI=1S/C17H16N2O3S/c1-10-9-14(12(3)23-10)17(20)21-11(2)15-18-19-16(22-15)13-7-5-4-6-8-13/h4-9,11H,1-3H3/t11-/m1/s1. The molecule has 0 radical (unpaired) electrons. The van der Waals surface area contributed by atoms with Crippen LogP contribution < -0.4 is 0 Å². The van der Waals surface area contributed by atoms with Gasteiger partial charge in [0.25, 0.3) is 5.89 Å². The van der Waals surface area contributed by atoms with Crippen LogP contribution in [0.15, 0.2) is 40.8 Å². The number of rotatable bonds is 4. The highest BCUT2D eigenvalue weighted by Gasteiger charge is 2.21. The summed E-state index contributed by atoms with van der Waals surface area (Å²) in [5.74, 6) is 0.312. The van der Waals surface area contributed by atoms with Crippen LogP contribution in [0, 0.1) is 13.8 Å². The van der Waals surface area contributed by atoms with Gasteiger partial charge in [-0.2, -0.15) is 0 Å². The van der Waals surface area contributed by atoms with Gasteiger partial charge in [-0.1, -0.05) is 18.2 Å². The lowest BCUT2D eigenvalue weighted by Crippen LogP contribution is -2.09. The lowest BCUT2D eigenvalue weighted by Gasteiger charge is -2.08. The second-order valence-electron chi connectivity index (χ2n) is 5.19. The normalized spacial score (nSPS) is 12.1. The van der Waals surface area contributed by atoms with Gasteiger partial charge in [-0.15, -0.1) is 21.5 Å². The Balaban J connectivity index is 1.74. The first-order valence-electron chi connectivity index (χ1n) is 7.21. The molecular formula is C17H16N2O3S. The monoisotopic (exact) mass is 328 g/mol. The van der Waals surface area contributed by atoms with Crippen molar-refractivity contribution in [1.29, 1.82) is 0 Å². The summed E-state index contributed by atoms with van der Waals surface area (Å²) in [5, 5.41) is 7.98. The number of carbonyl (C=O) groups is 1. The van der Waals surface area contributed by atoms with E-state index in [9.17, 15) is 4.79 Å². The average molecular weight is 328 g/mol. The molecule has 1 aromatic carbocycles. The van der Waals surface area contributed by atoms with E-state index in [1.165, 1.54) is 0 Å². The van der Waals surface area contributed by atoms with Crippen molar-refractivity contribution in [3.8, 4) is 11.5 Å². The number of carbonyl (C=O) groups excluding carboxylic acids is 1. The number of nitrogens with zero attached hydrogens (tertiary/aromatic N) is 2. The van der Waals surface area contributed by atoms with E-state index in [-0.39, 0.29) is 11.9 Å². The minimum absolute atomic E-state index is 0.279. The van der Waals surface area contributed by atoms with E-state index in [0.29, 0.717) is 11.5 Å². The third-order valence-electron chi connectivity index (χ3n) is 3.35. The first-order valence-corrected chi connectivity index (χ1v) is 8.03. The number of esters is 1. The number of aryl methyl sites for hydroxylation is 2. The van der Waals surface area contributed by atoms with Crippen LogP contribution in [0.2, 0.25) is 0 Å². The van der Waals surface area contributed by atoms with Crippen LogP contribution >= 0.6 is 11.3 Å². The Morgan fingerprint density at radius 1 is 1.22 bits per heavy atom. The van der Waals surface area contributed by atoms with Crippen molar-refractivity contribution < 1.29 is 13.9 Å². The number of ether oxygens (including phenoxy) is 1. The maximum absolute atomic E-state index is 12.2. The van der Waals surface area contributed by atoms with E-state index in [2.05, 4.69) is 10.2 Å². The van der Waals surface area contributed by atoms with Gasteiger partial charge in [-0.05, 0) is 39.0 Å².